The maximum absolute atomic E-state index is 10.7. The summed E-state index contributed by atoms with van der Waals surface area (Å²) in [6.45, 7) is 2.68. The van der Waals surface area contributed by atoms with Gasteiger partial charge in [0.15, 0.2) is 0 Å². The molecule has 1 aliphatic heterocycles. The lowest BCUT2D eigenvalue weighted by molar-refractivity contribution is -0.171. The predicted octanol–water partition coefficient (Wildman–Crippen LogP) is 0.572. The molecule has 0 bridgehead atoms. The molecule has 14 heavy (non-hydrogen) atoms. The van der Waals surface area contributed by atoms with Gasteiger partial charge in [0.2, 0.25) is 0 Å². The highest BCUT2D eigenvalue weighted by atomic mass is 16.3. The Labute approximate surface area is 86.3 Å². The van der Waals surface area contributed by atoms with Crippen LogP contribution in [0.4, 0.5) is 0 Å². The molecule has 1 saturated heterocycles. The highest BCUT2D eigenvalue weighted by molar-refractivity contribution is 5.07. The summed E-state index contributed by atoms with van der Waals surface area (Å²) in [7, 11) is 2.15. The zero-order chi connectivity index (χ0) is 10.2. The third-order valence-corrected chi connectivity index (χ3v) is 4.34. The minimum absolute atomic E-state index is 0.180. The molecular formula is C11H22N2O. The molecule has 3 heteroatoms. The Bertz CT molecular complexity index is 215. The summed E-state index contributed by atoms with van der Waals surface area (Å²) in [6.07, 6.45) is 5.34. The fraction of sp³-hybridized carbons (Fsp3) is 1.00. The largest absolute Gasteiger partial charge is 0.389 e. The van der Waals surface area contributed by atoms with E-state index in [0.717, 1.165) is 25.9 Å². The van der Waals surface area contributed by atoms with Crippen LogP contribution < -0.4 is 5.73 Å². The van der Waals surface area contributed by atoms with E-state index in [1.807, 2.05) is 0 Å². The Morgan fingerprint density at radius 2 is 2.07 bits per heavy atom. The van der Waals surface area contributed by atoms with Crippen molar-refractivity contribution in [1.29, 1.82) is 0 Å². The number of rotatable bonds is 2. The molecule has 0 aromatic heterocycles. The molecule has 1 unspecified atom stereocenters. The van der Waals surface area contributed by atoms with E-state index in [-0.39, 0.29) is 5.41 Å². The van der Waals surface area contributed by atoms with Crippen molar-refractivity contribution in [2.24, 2.45) is 11.1 Å². The van der Waals surface area contributed by atoms with Gasteiger partial charge in [0.1, 0.15) is 0 Å². The summed E-state index contributed by atoms with van der Waals surface area (Å²) in [5.74, 6) is 0. The van der Waals surface area contributed by atoms with E-state index in [1.54, 1.807) is 0 Å². The first-order valence-corrected chi connectivity index (χ1v) is 5.73. The Morgan fingerprint density at radius 3 is 2.57 bits per heavy atom. The Kier molecular flexibility index (Phi) is 2.58. The zero-order valence-electron chi connectivity index (χ0n) is 9.13. The van der Waals surface area contributed by atoms with Gasteiger partial charge in [-0.2, -0.15) is 0 Å². The molecule has 1 heterocycles. The second-order valence-electron chi connectivity index (χ2n) is 5.19. The van der Waals surface area contributed by atoms with Gasteiger partial charge < -0.3 is 15.7 Å². The van der Waals surface area contributed by atoms with E-state index in [4.69, 9.17) is 5.73 Å². The number of hydrogen-bond acceptors (Lipinski definition) is 3. The molecule has 1 atom stereocenters. The van der Waals surface area contributed by atoms with Gasteiger partial charge in [0, 0.05) is 18.5 Å². The highest BCUT2D eigenvalue weighted by Crippen LogP contribution is 2.54. The summed E-state index contributed by atoms with van der Waals surface area (Å²) >= 11 is 0. The van der Waals surface area contributed by atoms with Crippen LogP contribution in [0.1, 0.15) is 32.1 Å². The van der Waals surface area contributed by atoms with Crippen LogP contribution in [0, 0.1) is 5.41 Å². The SMILES string of the molecule is CN1CCC(O)(CCN)C2(CCC2)C1. The van der Waals surface area contributed by atoms with Crippen molar-refractivity contribution in [3.63, 3.8) is 0 Å². The Balaban J connectivity index is 2.14. The number of nitrogens with zero attached hydrogens (tertiary/aromatic N) is 1. The molecule has 0 radical (unpaired) electrons. The van der Waals surface area contributed by atoms with Gasteiger partial charge in [-0.05, 0) is 39.3 Å². The van der Waals surface area contributed by atoms with Crippen LogP contribution in [0.15, 0.2) is 0 Å². The van der Waals surface area contributed by atoms with Crippen LogP contribution in [-0.2, 0) is 0 Å². The Morgan fingerprint density at radius 1 is 1.36 bits per heavy atom. The molecule has 2 rings (SSSR count). The number of likely N-dealkylation sites (tertiary alicyclic amines) is 1. The standard InChI is InChI=1S/C11H22N2O/c1-13-8-6-11(14,5-7-12)10(9-13)3-2-4-10/h14H,2-9,12H2,1H3. The lowest BCUT2D eigenvalue weighted by Gasteiger charge is -2.58. The van der Waals surface area contributed by atoms with Crippen molar-refractivity contribution in [2.75, 3.05) is 26.7 Å². The summed E-state index contributed by atoms with van der Waals surface area (Å²) in [5, 5.41) is 10.7. The molecule has 3 nitrogen and oxygen atoms in total. The average Bonchev–Trinajstić information content (AvgIpc) is 2.07. The van der Waals surface area contributed by atoms with E-state index in [0.29, 0.717) is 6.54 Å². The molecule has 1 spiro atoms. The second-order valence-corrected chi connectivity index (χ2v) is 5.19. The molecule has 0 aromatic rings. The Hall–Kier alpha value is -0.120. The van der Waals surface area contributed by atoms with Crippen LogP contribution >= 0.6 is 0 Å². The van der Waals surface area contributed by atoms with Crippen LogP contribution in [0.3, 0.4) is 0 Å². The number of piperidine rings is 1. The lowest BCUT2D eigenvalue weighted by Crippen LogP contribution is -2.62. The molecule has 0 aromatic carbocycles. The monoisotopic (exact) mass is 198 g/mol. The molecule has 1 saturated carbocycles. The first-order chi connectivity index (χ1) is 6.62. The third-order valence-electron chi connectivity index (χ3n) is 4.34. The maximum Gasteiger partial charge on any atom is 0.0740 e. The van der Waals surface area contributed by atoms with E-state index in [1.165, 1.54) is 19.3 Å². The summed E-state index contributed by atoms with van der Waals surface area (Å²) in [6, 6.07) is 0. The molecule has 3 N–H and O–H groups in total. The number of nitrogens with two attached hydrogens (primary N) is 1. The quantitative estimate of drug-likeness (QED) is 0.682. The van der Waals surface area contributed by atoms with Crippen molar-refractivity contribution in [2.45, 2.75) is 37.7 Å². The lowest BCUT2D eigenvalue weighted by atomic mass is 9.55. The molecular weight excluding hydrogens is 176 g/mol. The van der Waals surface area contributed by atoms with Crippen molar-refractivity contribution in [3.8, 4) is 0 Å². The van der Waals surface area contributed by atoms with Gasteiger partial charge in [-0.15, -0.1) is 0 Å². The maximum atomic E-state index is 10.7. The summed E-state index contributed by atoms with van der Waals surface area (Å²) < 4.78 is 0. The topological polar surface area (TPSA) is 49.5 Å². The molecule has 0 amide bonds. The van der Waals surface area contributed by atoms with Gasteiger partial charge in [-0.1, -0.05) is 6.42 Å². The number of aliphatic hydroxyl groups is 1. The van der Waals surface area contributed by atoms with E-state index in [2.05, 4.69) is 11.9 Å². The van der Waals surface area contributed by atoms with Crippen LogP contribution in [0.2, 0.25) is 0 Å². The van der Waals surface area contributed by atoms with Crippen molar-refractivity contribution >= 4 is 0 Å². The minimum Gasteiger partial charge on any atom is -0.389 e. The first kappa shape index (κ1) is 10.4. The number of hydrogen-bond donors (Lipinski definition) is 2. The third kappa shape index (κ3) is 1.38. The second kappa shape index (κ2) is 3.47. The zero-order valence-corrected chi connectivity index (χ0v) is 9.13. The highest BCUT2D eigenvalue weighted by Gasteiger charge is 2.55. The van der Waals surface area contributed by atoms with E-state index >= 15 is 0 Å². The normalized spacial score (nSPS) is 37.1. The van der Waals surface area contributed by atoms with Crippen molar-refractivity contribution in [1.82, 2.24) is 4.90 Å². The average molecular weight is 198 g/mol. The van der Waals surface area contributed by atoms with E-state index < -0.39 is 5.60 Å². The van der Waals surface area contributed by atoms with Crippen LogP contribution in [0.5, 0.6) is 0 Å². The van der Waals surface area contributed by atoms with Crippen molar-refractivity contribution in [3.05, 3.63) is 0 Å². The minimum atomic E-state index is -0.466. The smallest absolute Gasteiger partial charge is 0.0740 e. The summed E-state index contributed by atoms with van der Waals surface area (Å²) in [5.41, 5.74) is 5.32. The van der Waals surface area contributed by atoms with Gasteiger partial charge in [-0.25, -0.2) is 0 Å². The first-order valence-electron chi connectivity index (χ1n) is 5.73. The van der Waals surface area contributed by atoms with Crippen LogP contribution in [0.25, 0.3) is 0 Å². The fourth-order valence-corrected chi connectivity index (χ4v) is 3.24. The summed E-state index contributed by atoms with van der Waals surface area (Å²) in [4.78, 5) is 2.35. The predicted molar refractivity (Wildman–Crippen MR) is 57.0 cm³/mol. The molecule has 82 valence electrons. The van der Waals surface area contributed by atoms with Gasteiger partial charge >= 0.3 is 0 Å². The van der Waals surface area contributed by atoms with Gasteiger partial charge in [-0.3, -0.25) is 0 Å². The fourth-order valence-electron chi connectivity index (χ4n) is 3.24. The van der Waals surface area contributed by atoms with Crippen LogP contribution in [-0.4, -0.2) is 42.3 Å². The van der Waals surface area contributed by atoms with Crippen molar-refractivity contribution < 1.29 is 5.11 Å². The van der Waals surface area contributed by atoms with E-state index in [9.17, 15) is 5.11 Å². The molecule has 2 aliphatic rings. The van der Waals surface area contributed by atoms with Gasteiger partial charge in [0.25, 0.3) is 0 Å². The molecule has 1 aliphatic carbocycles. The molecule has 2 fully saturated rings. The van der Waals surface area contributed by atoms with Gasteiger partial charge in [0.05, 0.1) is 5.60 Å².